The Labute approximate surface area is 219 Å². The van der Waals surface area contributed by atoms with Crippen molar-refractivity contribution in [1.82, 2.24) is 9.88 Å². The summed E-state index contributed by atoms with van der Waals surface area (Å²) in [5.74, 6) is 1.02. The first-order valence-electron chi connectivity index (χ1n) is 12.8. The highest BCUT2D eigenvalue weighted by atomic mass is 19.1. The zero-order valence-electron chi connectivity index (χ0n) is 20.7. The molecule has 4 aromatic rings. The highest BCUT2D eigenvalue weighted by Crippen LogP contribution is 2.36. The minimum absolute atomic E-state index is 0.0413. The number of hydrogen-bond acceptors (Lipinski definition) is 6. The van der Waals surface area contributed by atoms with Gasteiger partial charge in [0.25, 0.3) is 5.91 Å². The number of fused-ring (bicyclic) bond motifs is 1. The Morgan fingerprint density at radius 1 is 1.05 bits per heavy atom. The monoisotopic (exact) mass is 511 g/mol. The highest BCUT2D eigenvalue weighted by molar-refractivity contribution is 5.95. The standard InChI is InChI=1S/C30H26FN3O4/c31-23-8-12-34(18-23)30(35)20-3-1-19(2-4-20)28-16-26-29(38-28)25(7-11-33-26)21-5-6-27(22(15-21)17-32)37-24-9-13-36-14-10-24/h1-7,11,15-16,23-24H,8-10,12-14,18H2. The van der Waals surface area contributed by atoms with Crippen molar-refractivity contribution in [3.63, 3.8) is 0 Å². The SMILES string of the molecule is N#Cc1cc(-c2ccnc3cc(-c4ccc(C(=O)N5CCC(F)C5)cc4)oc23)ccc1OC1CCOCC1. The van der Waals surface area contributed by atoms with E-state index in [9.17, 15) is 14.4 Å². The Morgan fingerprint density at radius 3 is 2.58 bits per heavy atom. The molecule has 2 aliphatic heterocycles. The summed E-state index contributed by atoms with van der Waals surface area (Å²) < 4.78 is 31.2. The van der Waals surface area contributed by atoms with Crippen LogP contribution in [0.2, 0.25) is 0 Å². The van der Waals surface area contributed by atoms with Gasteiger partial charge in [0, 0.05) is 48.3 Å². The number of ether oxygens (including phenoxy) is 2. The molecular formula is C30H26FN3O4. The molecule has 2 fully saturated rings. The van der Waals surface area contributed by atoms with Gasteiger partial charge in [0.05, 0.1) is 25.3 Å². The number of amides is 1. The van der Waals surface area contributed by atoms with Gasteiger partial charge in [0.1, 0.15) is 35.4 Å². The largest absolute Gasteiger partial charge is 0.489 e. The molecule has 7 nitrogen and oxygen atoms in total. The average Bonchev–Trinajstić information content (AvgIpc) is 3.60. The molecule has 0 saturated carbocycles. The van der Waals surface area contributed by atoms with E-state index in [-0.39, 0.29) is 18.6 Å². The molecule has 38 heavy (non-hydrogen) atoms. The van der Waals surface area contributed by atoms with Crippen molar-refractivity contribution in [2.75, 3.05) is 26.3 Å². The van der Waals surface area contributed by atoms with Crippen LogP contribution in [0.5, 0.6) is 5.75 Å². The Hall–Kier alpha value is -4.22. The minimum Gasteiger partial charge on any atom is -0.489 e. The summed E-state index contributed by atoms with van der Waals surface area (Å²) in [6.07, 6.45) is 2.80. The minimum atomic E-state index is -0.949. The molecule has 0 radical (unpaired) electrons. The van der Waals surface area contributed by atoms with Crippen molar-refractivity contribution in [2.45, 2.75) is 31.5 Å². The van der Waals surface area contributed by atoms with Crippen LogP contribution in [0.25, 0.3) is 33.6 Å². The number of benzene rings is 2. The number of halogens is 1. The van der Waals surface area contributed by atoms with E-state index >= 15 is 0 Å². The lowest BCUT2D eigenvalue weighted by Crippen LogP contribution is -2.28. The normalized spacial score (nSPS) is 18.0. The number of hydrogen-bond donors (Lipinski definition) is 0. The van der Waals surface area contributed by atoms with E-state index in [1.807, 2.05) is 42.5 Å². The zero-order chi connectivity index (χ0) is 26.1. The van der Waals surface area contributed by atoms with Crippen LogP contribution >= 0.6 is 0 Å². The maximum Gasteiger partial charge on any atom is 0.253 e. The summed E-state index contributed by atoms with van der Waals surface area (Å²) in [4.78, 5) is 18.7. The lowest BCUT2D eigenvalue weighted by Gasteiger charge is -2.23. The molecule has 2 aromatic heterocycles. The average molecular weight is 512 g/mol. The Morgan fingerprint density at radius 2 is 1.84 bits per heavy atom. The van der Waals surface area contributed by atoms with Gasteiger partial charge in [-0.05, 0) is 42.3 Å². The first-order chi connectivity index (χ1) is 18.6. The second-order valence-corrected chi connectivity index (χ2v) is 9.65. The molecule has 0 spiro atoms. The number of nitrogens with zero attached hydrogens (tertiary/aromatic N) is 3. The molecule has 8 heteroatoms. The predicted octanol–water partition coefficient (Wildman–Crippen LogP) is 5.78. The third-order valence-corrected chi connectivity index (χ3v) is 7.12. The van der Waals surface area contributed by atoms with Gasteiger partial charge in [0.15, 0.2) is 5.58 Å². The van der Waals surface area contributed by atoms with Gasteiger partial charge >= 0.3 is 0 Å². The Balaban J connectivity index is 1.27. The van der Waals surface area contributed by atoms with E-state index in [0.29, 0.717) is 59.9 Å². The fraction of sp³-hybridized carbons (Fsp3) is 0.300. The summed E-state index contributed by atoms with van der Waals surface area (Å²) in [5.41, 5.74) is 4.71. The van der Waals surface area contributed by atoms with E-state index in [1.165, 1.54) is 0 Å². The molecule has 0 aliphatic carbocycles. The molecular weight excluding hydrogens is 485 g/mol. The molecule has 1 unspecified atom stereocenters. The fourth-order valence-electron chi connectivity index (χ4n) is 5.03. The Kier molecular flexibility index (Phi) is 6.52. The molecule has 1 amide bonds. The number of pyridine rings is 1. The fourth-order valence-corrected chi connectivity index (χ4v) is 5.03. The van der Waals surface area contributed by atoms with Crippen LogP contribution in [0.1, 0.15) is 35.2 Å². The lowest BCUT2D eigenvalue weighted by molar-refractivity contribution is 0.0254. The van der Waals surface area contributed by atoms with Gasteiger partial charge < -0.3 is 18.8 Å². The van der Waals surface area contributed by atoms with Crippen LogP contribution in [0.4, 0.5) is 4.39 Å². The number of likely N-dealkylation sites (tertiary alicyclic amines) is 1. The molecule has 0 N–H and O–H groups in total. The molecule has 1 atom stereocenters. The van der Waals surface area contributed by atoms with Crippen molar-refractivity contribution >= 4 is 17.0 Å². The molecule has 2 saturated heterocycles. The molecule has 4 heterocycles. The van der Waals surface area contributed by atoms with Crippen molar-refractivity contribution < 1.29 is 23.1 Å². The Bertz CT molecular complexity index is 1520. The highest BCUT2D eigenvalue weighted by Gasteiger charge is 2.26. The molecule has 2 aliphatic rings. The van der Waals surface area contributed by atoms with Crippen molar-refractivity contribution in [2.24, 2.45) is 0 Å². The van der Waals surface area contributed by atoms with Crippen LogP contribution in [-0.4, -0.2) is 54.4 Å². The van der Waals surface area contributed by atoms with E-state index in [1.54, 1.807) is 23.2 Å². The maximum absolute atomic E-state index is 13.5. The topological polar surface area (TPSA) is 88.6 Å². The van der Waals surface area contributed by atoms with E-state index in [2.05, 4.69) is 11.1 Å². The predicted molar refractivity (Wildman–Crippen MR) is 139 cm³/mol. The van der Waals surface area contributed by atoms with Gasteiger partial charge in [-0.1, -0.05) is 18.2 Å². The molecule has 192 valence electrons. The number of rotatable bonds is 5. The van der Waals surface area contributed by atoms with Crippen LogP contribution in [0, 0.1) is 11.3 Å². The van der Waals surface area contributed by atoms with E-state index in [0.717, 1.165) is 29.5 Å². The molecule has 0 bridgehead atoms. The van der Waals surface area contributed by atoms with Crippen molar-refractivity contribution in [1.29, 1.82) is 5.26 Å². The summed E-state index contributed by atoms with van der Waals surface area (Å²) >= 11 is 0. The number of furan rings is 1. The first-order valence-corrected chi connectivity index (χ1v) is 12.8. The van der Waals surface area contributed by atoms with Crippen molar-refractivity contribution in [3.05, 3.63) is 71.9 Å². The second kappa shape index (κ2) is 10.3. The van der Waals surface area contributed by atoms with Gasteiger partial charge in [-0.3, -0.25) is 9.78 Å². The van der Waals surface area contributed by atoms with Crippen LogP contribution in [-0.2, 0) is 4.74 Å². The van der Waals surface area contributed by atoms with Crippen molar-refractivity contribution in [3.8, 4) is 34.3 Å². The number of nitriles is 1. The number of carbonyl (C=O) groups excluding carboxylic acids is 1. The summed E-state index contributed by atoms with van der Waals surface area (Å²) in [7, 11) is 0. The summed E-state index contributed by atoms with van der Waals surface area (Å²) in [6, 6.07) is 18.7. The third-order valence-electron chi connectivity index (χ3n) is 7.12. The number of aromatic nitrogens is 1. The third kappa shape index (κ3) is 4.73. The van der Waals surface area contributed by atoms with Crippen LogP contribution in [0.15, 0.2) is 65.2 Å². The van der Waals surface area contributed by atoms with Gasteiger partial charge in [-0.25, -0.2) is 4.39 Å². The lowest BCUT2D eigenvalue weighted by atomic mass is 10.0. The van der Waals surface area contributed by atoms with Gasteiger partial charge in [0.2, 0.25) is 0 Å². The van der Waals surface area contributed by atoms with E-state index in [4.69, 9.17) is 13.9 Å². The van der Waals surface area contributed by atoms with Crippen LogP contribution in [0.3, 0.4) is 0 Å². The summed E-state index contributed by atoms with van der Waals surface area (Å²) in [5, 5.41) is 9.79. The molecule has 2 aromatic carbocycles. The number of carbonyl (C=O) groups is 1. The summed E-state index contributed by atoms with van der Waals surface area (Å²) in [6.45, 7) is 1.92. The first kappa shape index (κ1) is 24.1. The number of alkyl halides is 1. The quantitative estimate of drug-likeness (QED) is 0.338. The maximum atomic E-state index is 13.5. The van der Waals surface area contributed by atoms with E-state index < -0.39 is 6.17 Å². The van der Waals surface area contributed by atoms with Crippen LogP contribution < -0.4 is 4.74 Å². The second-order valence-electron chi connectivity index (χ2n) is 9.65. The zero-order valence-corrected chi connectivity index (χ0v) is 20.7. The smallest absolute Gasteiger partial charge is 0.253 e. The van der Waals surface area contributed by atoms with Gasteiger partial charge in [-0.15, -0.1) is 0 Å². The molecule has 6 rings (SSSR count). The van der Waals surface area contributed by atoms with Gasteiger partial charge in [-0.2, -0.15) is 5.26 Å².